The van der Waals surface area contributed by atoms with Crippen LogP contribution in [0.2, 0.25) is 0 Å². The molecule has 150 valence electrons. The molecular weight excluding hydrogens is 360 g/mol. The van der Waals surface area contributed by atoms with E-state index < -0.39 is 0 Å². The predicted octanol–water partition coefficient (Wildman–Crippen LogP) is 0.757. The molecule has 28 heavy (non-hydrogen) atoms. The van der Waals surface area contributed by atoms with Crippen LogP contribution in [0.15, 0.2) is 36.8 Å². The number of hydrogen-bond donors (Lipinski definition) is 2. The van der Waals surface area contributed by atoms with Crippen LogP contribution in [-0.2, 0) is 16.1 Å². The molecule has 0 radical (unpaired) electrons. The quantitative estimate of drug-likeness (QED) is 0.728. The number of rotatable bonds is 7. The van der Waals surface area contributed by atoms with Gasteiger partial charge in [0.1, 0.15) is 12.2 Å². The van der Waals surface area contributed by atoms with E-state index in [1.54, 1.807) is 30.6 Å². The average Bonchev–Trinajstić information content (AvgIpc) is 3.08. The first-order valence-electron chi connectivity index (χ1n) is 9.27. The summed E-state index contributed by atoms with van der Waals surface area (Å²) >= 11 is 0. The van der Waals surface area contributed by atoms with Gasteiger partial charge in [0.2, 0.25) is 5.91 Å². The summed E-state index contributed by atoms with van der Waals surface area (Å²) in [5.74, 6) is -0.458. The van der Waals surface area contributed by atoms with E-state index in [0.29, 0.717) is 11.4 Å². The lowest BCUT2D eigenvalue weighted by Crippen LogP contribution is -2.54. The molecule has 1 aliphatic rings. The fraction of sp³-hybridized carbons (Fsp3) is 0.474. The number of pyridine rings is 1. The molecular formula is C19H26N6O3. The van der Waals surface area contributed by atoms with Crippen LogP contribution < -0.4 is 10.6 Å². The molecule has 9 nitrogen and oxygen atoms in total. The minimum atomic E-state index is -0.363. The molecule has 2 aromatic rings. The highest BCUT2D eigenvalue weighted by Gasteiger charge is 2.25. The molecule has 0 bridgehead atoms. The number of hydrogen-bond acceptors (Lipinski definition) is 6. The van der Waals surface area contributed by atoms with Crippen LogP contribution >= 0.6 is 0 Å². The molecule has 1 fully saturated rings. The Balaban J connectivity index is 1.49. The molecule has 0 aromatic carbocycles. The standard InChI is InChI=1S/C19H26N6O3/c1-19(2,14-24-7-9-28-10-8-24)23-17(26)13-25-12-15(11-21-25)22-18(27)16-5-3-4-6-20-16/h3-6,11-12H,7-10,13-14H2,1-2H3,(H,22,27)(H,23,26). The summed E-state index contributed by atoms with van der Waals surface area (Å²) in [4.78, 5) is 30.8. The van der Waals surface area contributed by atoms with Gasteiger partial charge in [-0.15, -0.1) is 0 Å². The number of amides is 2. The highest BCUT2D eigenvalue weighted by atomic mass is 16.5. The number of carbonyl (C=O) groups is 2. The van der Waals surface area contributed by atoms with Crippen molar-refractivity contribution in [1.82, 2.24) is 25.0 Å². The number of ether oxygens (including phenoxy) is 1. The zero-order chi connectivity index (χ0) is 20.0. The lowest BCUT2D eigenvalue weighted by atomic mass is 10.0. The van der Waals surface area contributed by atoms with Crippen LogP contribution in [0.5, 0.6) is 0 Å². The van der Waals surface area contributed by atoms with Crippen molar-refractivity contribution in [2.75, 3.05) is 38.2 Å². The Kier molecular flexibility index (Phi) is 6.37. The van der Waals surface area contributed by atoms with Crippen molar-refractivity contribution in [3.63, 3.8) is 0 Å². The Morgan fingerprint density at radius 3 is 2.75 bits per heavy atom. The van der Waals surface area contributed by atoms with Crippen LogP contribution in [0.25, 0.3) is 0 Å². The van der Waals surface area contributed by atoms with E-state index in [-0.39, 0.29) is 23.9 Å². The van der Waals surface area contributed by atoms with E-state index in [1.165, 1.54) is 10.9 Å². The largest absolute Gasteiger partial charge is 0.379 e. The maximum absolute atomic E-state index is 12.4. The van der Waals surface area contributed by atoms with Crippen LogP contribution in [0.1, 0.15) is 24.3 Å². The van der Waals surface area contributed by atoms with Gasteiger partial charge in [-0.05, 0) is 26.0 Å². The monoisotopic (exact) mass is 386 g/mol. The summed E-state index contributed by atoms with van der Waals surface area (Å²) in [6, 6.07) is 5.12. The van der Waals surface area contributed by atoms with Crippen molar-refractivity contribution in [3.05, 3.63) is 42.5 Å². The number of aromatic nitrogens is 3. The van der Waals surface area contributed by atoms with Gasteiger partial charge in [-0.25, -0.2) is 0 Å². The molecule has 9 heteroatoms. The van der Waals surface area contributed by atoms with Gasteiger partial charge in [-0.1, -0.05) is 6.07 Å². The van der Waals surface area contributed by atoms with Crippen LogP contribution in [0.4, 0.5) is 5.69 Å². The van der Waals surface area contributed by atoms with Crippen LogP contribution in [0, 0.1) is 0 Å². The Morgan fingerprint density at radius 1 is 1.25 bits per heavy atom. The topological polar surface area (TPSA) is 101 Å². The molecule has 0 atom stereocenters. The third-order valence-electron chi connectivity index (χ3n) is 4.29. The number of anilines is 1. The maximum atomic E-state index is 12.4. The number of nitrogens with zero attached hydrogens (tertiary/aromatic N) is 4. The summed E-state index contributed by atoms with van der Waals surface area (Å²) in [5.41, 5.74) is 0.464. The number of morpholine rings is 1. The Morgan fingerprint density at radius 2 is 2.04 bits per heavy atom. The van der Waals surface area contributed by atoms with Gasteiger partial charge in [0.15, 0.2) is 0 Å². The third kappa shape index (κ3) is 5.86. The Bertz CT molecular complexity index is 799. The van der Waals surface area contributed by atoms with Crippen molar-refractivity contribution in [2.45, 2.75) is 25.9 Å². The first kappa shape index (κ1) is 20.0. The zero-order valence-electron chi connectivity index (χ0n) is 16.2. The highest BCUT2D eigenvalue weighted by Crippen LogP contribution is 2.10. The van der Waals surface area contributed by atoms with Crippen molar-refractivity contribution >= 4 is 17.5 Å². The molecule has 2 N–H and O–H groups in total. The van der Waals surface area contributed by atoms with Gasteiger partial charge in [0.05, 0.1) is 25.1 Å². The summed E-state index contributed by atoms with van der Waals surface area (Å²) in [5, 5.41) is 9.91. The summed E-state index contributed by atoms with van der Waals surface area (Å²) in [6.45, 7) is 8.03. The molecule has 3 rings (SSSR count). The highest BCUT2D eigenvalue weighted by molar-refractivity contribution is 6.02. The second kappa shape index (κ2) is 8.94. The predicted molar refractivity (Wildman–Crippen MR) is 104 cm³/mol. The normalized spacial score (nSPS) is 15.2. The maximum Gasteiger partial charge on any atom is 0.274 e. The molecule has 1 aliphatic heterocycles. The van der Waals surface area contributed by atoms with E-state index in [9.17, 15) is 9.59 Å². The average molecular weight is 386 g/mol. The number of nitrogens with one attached hydrogen (secondary N) is 2. The summed E-state index contributed by atoms with van der Waals surface area (Å²) < 4.78 is 6.85. The van der Waals surface area contributed by atoms with Crippen molar-refractivity contribution < 1.29 is 14.3 Å². The van der Waals surface area contributed by atoms with Crippen LogP contribution in [0.3, 0.4) is 0 Å². The molecule has 2 amide bonds. The van der Waals surface area contributed by atoms with Gasteiger partial charge < -0.3 is 15.4 Å². The van der Waals surface area contributed by atoms with Gasteiger partial charge in [-0.3, -0.25) is 24.2 Å². The zero-order valence-corrected chi connectivity index (χ0v) is 16.2. The second-order valence-electron chi connectivity index (χ2n) is 7.42. The van der Waals surface area contributed by atoms with Gasteiger partial charge in [0, 0.05) is 37.6 Å². The minimum Gasteiger partial charge on any atom is -0.379 e. The van der Waals surface area contributed by atoms with E-state index >= 15 is 0 Å². The van der Waals surface area contributed by atoms with E-state index in [0.717, 1.165) is 32.8 Å². The first-order valence-corrected chi connectivity index (χ1v) is 9.27. The minimum absolute atomic E-state index is 0.0754. The second-order valence-corrected chi connectivity index (χ2v) is 7.42. The molecule has 2 aromatic heterocycles. The van der Waals surface area contributed by atoms with Gasteiger partial charge >= 0.3 is 0 Å². The van der Waals surface area contributed by atoms with Gasteiger partial charge in [-0.2, -0.15) is 5.10 Å². The van der Waals surface area contributed by atoms with Crippen molar-refractivity contribution in [2.24, 2.45) is 0 Å². The van der Waals surface area contributed by atoms with E-state index in [1.807, 2.05) is 13.8 Å². The van der Waals surface area contributed by atoms with Crippen molar-refractivity contribution in [1.29, 1.82) is 0 Å². The van der Waals surface area contributed by atoms with E-state index in [4.69, 9.17) is 4.74 Å². The molecule has 3 heterocycles. The molecule has 0 unspecified atom stereocenters. The van der Waals surface area contributed by atoms with Crippen LogP contribution in [-0.4, -0.2) is 69.9 Å². The third-order valence-corrected chi connectivity index (χ3v) is 4.29. The fourth-order valence-electron chi connectivity index (χ4n) is 3.13. The number of carbonyl (C=O) groups excluding carboxylic acids is 2. The first-order chi connectivity index (χ1) is 13.4. The molecule has 0 spiro atoms. The van der Waals surface area contributed by atoms with E-state index in [2.05, 4.69) is 25.6 Å². The summed E-state index contributed by atoms with van der Waals surface area (Å²) in [7, 11) is 0. The SMILES string of the molecule is CC(C)(CN1CCOCC1)NC(=O)Cn1cc(NC(=O)c2ccccn2)cn1. The van der Waals surface area contributed by atoms with Gasteiger partial charge in [0.25, 0.3) is 5.91 Å². The Hall–Kier alpha value is -2.78. The molecule has 0 aliphatic carbocycles. The fourth-order valence-corrected chi connectivity index (χ4v) is 3.13. The summed E-state index contributed by atoms with van der Waals surface area (Å²) in [6.07, 6.45) is 4.68. The molecule has 0 saturated carbocycles. The Labute approximate surface area is 164 Å². The molecule has 1 saturated heterocycles. The lowest BCUT2D eigenvalue weighted by Gasteiger charge is -2.35. The van der Waals surface area contributed by atoms with Crippen molar-refractivity contribution in [3.8, 4) is 0 Å². The lowest BCUT2D eigenvalue weighted by molar-refractivity contribution is -0.123. The smallest absolute Gasteiger partial charge is 0.274 e.